The number of carboxylic acid groups (broad SMARTS) is 1. The average Bonchev–Trinajstić information content (AvgIpc) is 2.89. The van der Waals surface area contributed by atoms with Gasteiger partial charge in [-0.1, -0.05) is 12.8 Å². The van der Waals surface area contributed by atoms with Crippen molar-refractivity contribution in [1.82, 2.24) is 0 Å². The number of aromatic carboxylic acids is 1. The zero-order valence-electron chi connectivity index (χ0n) is 11.9. The minimum atomic E-state index is -3.91. The van der Waals surface area contributed by atoms with Crippen molar-refractivity contribution in [3.05, 3.63) is 23.8 Å². The minimum Gasteiger partial charge on any atom is -0.478 e. The summed E-state index contributed by atoms with van der Waals surface area (Å²) in [7, 11) is -2.08. The van der Waals surface area contributed by atoms with Gasteiger partial charge in [-0.25, -0.2) is 18.4 Å². The molecule has 7 heteroatoms. The van der Waals surface area contributed by atoms with E-state index in [1.165, 1.54) is 25.0 Å². The van der Waals surface area contributed by atoms with Crippen LogP contribution in [-0.4, -0.2) is 33.1 Å². The number of rotatable bonds is 5. The van der Waals surface area contributed by atoms with Crippen LogP contribution in [0.25, 0.3) is 0 Å². The first-order valence-electron chi connectivity index (χ1n) is 6.90. The summed E-state index contributed by atoms with van der Waals surface area (Å²) >= 11 is 0. The Labute approximate surface area is 124 Å². The number of carbonyl (C=O) groups is 1. The summed E-state index contributed by atoms with van der Waals surface area (Å²) in [6.45, 7) is 0.773. The summed E-state index contributed by atoms with van der Waals surface area (Å²) in [5.41, 5.74) is 0.476. The van der Waals surface area contributed by atoms with Crippen LogP contribution in [0.1, 0.15) is 36.0 Å². The molecule has 0 radical (unpaired) electrons. The average molecular weight is 312 g/mol. The highest BCUT2D eigenvalue weighted by molar-refractivity contribution is 7.89. The Morgan fingerprint density at radius 3 is 2.52 bits per heavy atom. The smallest absolute Gasteiger partial charge is 0.337 e. The van der Waals surface area contributed by atoms with Crippen LogP contribution in [0.2, 0.25) is 0 Å². The second-order valence-corrected chi connectivity index (χ2v) is 7.12. The Balaban J connectivity index is 2.31. The molecule has 0 unspecified atom stereocenters. The molecule has 0 aromatic heterocycles. The van der Waals surface area contributed by atoms with Crippen molar-refractivity contribution in [2.45, 2.75) is 30.6 Å². The molecule has 1 saturated carbocycles. The van der Waals surface area contributed by atoms with Crippen LogP contribution in [0.4, 0.5) is 5.69 Å². The van der Waals surface area contributed by atoms with Gasteiger partial charge in [-0.15, -0.1) is 0 Å². The predicted molar refractivity (Wildman–Crippen MR) is 80.0 cm³/mol. The van der Waals surface area contributed by atoms with Crippen molar-refractivity contribution < 1.29 is 18.3 Å². The summed E-state index contributed by atoms with van der Waals surface area (Å²) < 4.78 is 22.7. The molecule has 1 aliphatic carbocycles. The van der Waals surface area contributed by atoms with Crippen molar-refractivity contribution >= 4 is 21.7 Å². The maximum Gasteiger partial charge on any atom is 0.337 e. The van der Waals surface area contributed by atoms with Crippen LogP contribution in [0, 0.1) is 5.92 Å². The van der Waals surface area contributed by atoms with Crippen LogP contribution in [0.3, 0.4) is 0 Å². The van der Waals surface area contributed by atoms with E-state index in [9.17, 15) is 18.3 Å². The lowest BCUT2D eigenvalue weighted by Crippen LogP contribution is -2.26. The number of nitrogens with zero attached hydrogens (tertiary/aromatic N) is 1. The summed E-state index contributed by atoms with van der Waals surface area (Å²) in [6, 6.07) is 3.98. The lowest BCUT2D eigenvalue weighted by Gasteiger charge is -2.24. The number of carboxylic acids is 1. The summed E-state index contributed by atoms with van der Waals surface area (Å²) in [5.74, 6) is -0.594. The number of primary sulfonamides is 1. The van der Waals surface area contributed by atoms with Crippen LogP contribution in [0.5, 0.6) is 0 Å². The van der Waals surface area contributed by atoms with E-state index in [2.05, 4.69) is 0 Å². The number of nitrogens with two attached hydrogens (primary N) is 1. The van der Waals surface area contributed by atoms with Gasteiger partial charge in [0.05, 0.1) is 16.1 Å². The second-order valence-electron chi connectivity index (χ2n) is 5.56. The van der Waals surface area contributed by atoms with Crippen LogP contribution in [0.15, 0.2) is 23.1 Å². The van der Waals surface area contributed by atoms with Gasteiger partial charge in [0.2, 0.25) is 10.0 Å². The lowest BCUT2D eigenvalue weighted by molar-refractivity contribution is 0.0697. The molecule has 2 rings (SSSR count). The van der Waals surface area contributed by atoms with Gasteiger partial charge in [0.1, 0.15) is 0 Å². The molecule has 21 heavy (non-hydrogen) atoms. The monoisotopic (exact) mass is 312 g/mol. The largest absolute Gasteiger partial charge is 0.478 e. The Kier molecular flexibility index (Phi) is 4.53. The van der Waals surface area contributed by atoms with E-state index in [4.69, 9.17) is 5.14 Å². The van der Waals surface area contributed by atoms with E-state index in [-0.39, 0.29) is 10.5 Å². The molecule has 1 aromatic carbocycles. The van der Waals surface area contributed by atoms with Gasteiger partial charge in [-0.2, -0.15) is 0 Å². The van der Waals surface area contributed by atoms with E-state index in [0.29, 0.717) is 11.6 Å². The van der Waals surface area contributed by atoms with Crippen molar-refractivity contribution in [1.29, 1.82) is 0 Å². The van der Waals surface area contributed by atoms with Gasteiger partial charge >= 0.3 is 5.97 Å². The topological polar surface area (TPSA) is 101 Å². The Morgan fingerprint density at radius 2 is 2.00 bits per heavy atom. The Bertz CT molecular complexity index is 636. The molecule has 1 aliphatic rings. The standard InChI is InChI=1S/C14H20N2O4S/c1-16(9-10-4-2-3-5-10)13-7-6-11(21(15,19)20)8-12(13)14(17)18/h6-8,10H,2-5,9H2,1H3,(H,17,18)(H2,15,19,20). The summed E-state index contributed by atoms with van der Waals surface area (Å²) in [5, 5.41) is 14.4. The minimum absolute atomic E-state index is 0.0398. The second kappa shape index (κ2) is 6.03. The number of anilines is 1. The highest BCUT2D eigenvalue weighted by Gasteiger charge is 2.21. The lowest BCUT2D eigenvalue weighted by atomic mass is 10.1. The Hall–Kier alpha value is -1.60. The first-order chi connectivity index (χ1) is 9.79. The number of hydrogen-bond acceptors (Lipinski definition) is 4. The fourth-order valence-corrected chi connectivity index (χ4v) is 3.41. The first kappa shape index (κ1) is 15.8. The van der Waals surface area contributed by atoms with Crippen LogP contribution in [-0.2, 0) is 10.0 Å². The molecule has 116 valence electrons. The fourth-order valence-electron chi connectivity index (χ4n) is 2.87. The third kappa shape index (κ3) is 3.74. The maximum absolute atomic E-state index is 11.4. The molecule has 0 atom stereocenters. The molecule has 0 saturated heterocycles. The highest BCUT2D eigenvalue weighted by Crippen LogP contribution is 2.29. The van der Waals surface area contributed by atoms with Gasteiger partial charge in [0.15, 0.2) is 0 Å². The number of hydrogen-bond donors (Lipinski definition) is 2. The van der Waals surface area contributed by atoms with E-state index in [1.807, 2.05) is 11.9 Å². The molecule has 0 heterocycles. The molecule has 6 nitrogen and oxygen atoms in total. The zero-order chi connectivity index (χ0) is 15.6. The van der Waals surface area contributed by atoms with Crippen molar-refractivity contribution in [3.8, 4) is 0 Å². The number of sulfonamides is 1. The third-order valence-electron chi connectivity index (χ3n) is 3.95. The molecule has 0 spiro atoms. The van der Waals surface area contributed by atoms with E-state index in [0.717, 1.165) is 25.5 Å². The number of benzene rings is 1. The van der Waals surface area contributed by atoms with Crippen molar-refractivity contribution in [3.63, 3.8) is 0 Å². The molecule has 0 aliphatic heterocycles. The molecular weight excluding hydrogens is 292 g/mol. The predicted octanol–water partition coefficient (Wildman–Crippen LogP) is 1.66. The van der Waals surface area contributed by atoms with Crippen LogP contribution < -0.4 is 10.0 Å². The van der Waals surface area contributed by atoms with Crippen molar-refractivity contribution in [2.75, 3.05) is 18.5 Å². The van der Waals surface area contributed by atoms with Gasteiger partial charge < -0.3 is 10.0 Å². The van der Waals surface area contributed by atoms with E-state index in [1.54, 1.807) is 0 Å². The fraction of sp³-hybridized carbons (Fsp3) is 0.500. The molecule has 1 fully saturated rings. The molecular formula is C14H20N2O4S. The zero-order valence-corrected chi connectivity index (χ0v) is 12.8. The summed E-state index contributed by atoms with van der Waals surface area (Å²) in [6.07, 6.45) is 4.74. The highest BCUT2D eigenvalue weighted by atomic mass is 32.2. The SMILES string of the molecule is CN(CC1CCCC1)c1ccc(S(N)(=O)=O)cc1C(=O)O. The van der Waals surface area contributed by atoms with Crippen LogP contribution >= 0.6 is 0 Å². The molecule has 0 amide bonds. The molecule has 1 aromatic rings. The van der Waals surface area contributed by atoms with Crippen molar-refractivity contribution in [2.24, 2.45) is 11.1 Å². The Morgan fingerprint density at radius 1 is 1.38 bits per heavy atom. The van der Waals surface area contributed by atoms with Gasteiger partial charge in [0, 0.05) is 13.6 Å². The van der Waals surface area contributed by atoms with E-state index >= 15 is 0 Å². The molecule has 0 bridgehead atoms. The first-order valence-corrected chi connectivity index (χ1v) is 8.45. The third-order valence-corrected chi connectivity index (χ3v) is 4.86. The quantitative estimate of drug-likeness (QED) is 0.861. The summed E-state index contributed by atoms with van der Waals surface area (Å²) in [4.78, 5) is 13.1. The van der Waals surface area contributed by atoms with Gasteiger partial charge in [0.25, 0.3) is 0 Å². The van der Waals surface area contributed by atoms with E-state index < -0.39 is 16.0 Å². The van der Waals surface area contributed by atoms with Gasteiger partial charge in [-0.3, -0.25) is 0 Å². The maximum atomic E-state index is 11.4. The molecule has 3 N–H and O–H groups in total. The van der Waals surface area contributed by atoms with Gasteiger partial charge in [-0.05, 0) is 37.0 Å². The normalized spacial score (nSPS) is 16.1.